The molecule has 0 saturated carbocycles. The molecule has 5 heteroatoms. The van der Waals surface area contributed by atoms with Gasteiger partial charge in [0.05, 0.1) is 5.56 Å². The number of para-hydroxylation sites is 1. The van der Waals surface area contributed by atoms with E-state index < -0.39 is 5.97 Å². The molecule has 0 radical (unpaired) electrons. The fraction of sp³-hybridized carbons (Fsp3) is 0.300. The van der Waals surface area contributed by atoms with Gasteiger partial charge in [-0.1, -0.05) is 44.2 Å². The molecule has 2 aromatic rings. The first-order valence-electron chi connectivity index (χ1n) is 8.31. The highest BCUT2D eigenvalue weighted by Crippen LogP contribution is 2.23. The van der Waals surface area contributed by atoms with Gasteiger partial charge in [-0.3, -0.25) is 4.79 Å². The van der Waals surface area contributed by atoms with Gasteiger partial charge in [0.25, 0.3) is 5.91 Å². The highest BCUT2D eigenvalue weighted by atomic mass is 32.2. The molecule has 4 nitrogen and oxygen atoms in total. The number of hydrogen-bond donors (Lipinski definition) is 1. The molecule has 2 rings (SSSR count). The van der Waals surface area contributed by atoms with Gasteiger partial charge in [-0.05, 0) is 42.4 Å². The van der Waals surface area contributed by atoms with Gasteiger partial charge in [-0.25, -0.2) is 4.79 Å². The highest BCUT2D eigenvalue weighted by Gasteiger charge is 2.15. The third-order valence-corrected chi connectivity index (χ3v) is 4.72. The van der Waals surface area contributed by atoms with Crippen molar-refractivity contribution in [2.24, 2.45) is 0 Å². The molecule has 0 aliphatic rings. The fourth-order valence-electron chi connectivity index (χ4n) is 2.60. The first-order chi connectivity index (χ1) is 12.1. The van der Waals surface area contributed by atoms with E-state index in [-0.39, 0.29) is 12.5 Å². The van der Waals surface area contributed by atoms with Crippen molar-refractivity contribution in [3.8, 4) is 0 Å². The Labute approximate surface area is 153 Å². The second-order valence-corrected chi connectivity index (χ2v) is 6.33. The first kappa shape index (κ1) is 19.1. The molecule has 0 unspecified atom stereocenters. The van der Waals surface area contributed by atoms with Crippen LogP contribution in [0.4, 0.5) is 5.69 Å². The number of benzene rings is 2. The van der Waals surface area contributed by atoms with E-state index in [9.17, 15) is 9.59 Å². The van der Waals surface area contributed by atoms with E-state index in [0.29, 0.717) is 5.56 Å². The van der Waals surface area contributed by atoms with Crippen LogP contribution in [0.2, 0.25) is 0 Å². The lowest BCUT2D eigenvalue weighted by Crippen LogP contribution is -2.22. The molecule has 1 N–H and O–H groups in total. The van der Waals surface area contributed by atoms with Crippen LogP contribution in [0.3, 0.4) is 0 Å². The zero-order chi connectivity index (χ0) is 18.2. The van der Waals surface area contributed by atoms with Crippen molar-refractivity contribution in [1.29, 1.82) is 0 Å². The largest absolute Gasteiger partial charge is 0.452 e. The number of ether oxygens (including phenoxy) is 1. The molecule has 0 saturated heterocycles. The van der Waals surface area contributed by atoms with Crippen molar-refractivity contribution in [3.63, 3.8) is 0 Å². The van der Waals surface area contributed by atoms with Gasteiger partial charge in [-0.15, -0.1) is 11.8 Å². The first-order valence-corrected chi connectivity index (χ1v) is 9.53. The van der Waals surface area contributed by atoms with Gasteiger partial charge in [-0.2, -0.15) is 0 Å². The van der Waals surface area contributed by atoms with E-state index in [1.54, 1.807) is 12.1 Å². The van der Waals surface area contributed by atoms with E-state index in [1.807, 2.05) is 50.4 Å². The Bertz CT molecular complexity index is 736. The van der Waals surface area contributed by atoms with Crippen molar-refractivity contribution >= 4 is 29.3 Å². The summed E-state index contributed by atoms with van der Waals surface area (Å²) in [4.78, 5) is 25.3. The number of nitrogens with one attached hydrogen (secondary N) is 1. The van der Waals surface area contributed by atoms with Crippen LogP contribution in [0, 0.1) is 0 Å². The van der Waals surface area contributed by atoms with Crippen LogP contribution in [-0.4, -0.2) is 24.7 Å². The van der Waals surface area contributed by atoms with Crippen LogP contribution >= 0.6 is 11.8 Å². The van der Waals surface area contributed by atoms with Gasteiger partial charge in [0.1, 0.15) is 0 Å². The second-order valence-electron chi connectivity index (χ2n) is 5.48. The molecule has 0 bridgehead atoms. The standard InChI is InChI=1S/C20H23NO3S/c1-4-14-9-8-10-15(5-2)19(14)21-18(22)13-24-20(23)16-11-6-7-12-17(16)25-3/h6-12H,4-5,13H2,1-3H3,(H,21,22). The average molecular weight is 357 g/mol. The molecule has 0 aromatic heterocycles. The van der Waals surface area contributed by atoms with Crippen molar-refractivity contribution in [1.82, 2.24) is 0 Å². The summed E-state index contributed by atoms with van der Waals surface area (Å²) in [6.45, 7) is 3.79. The summed E-state index contributed by atoms with van der Waals surface area (Å²) in [7, 11) is 0. The minimum atomic E-state index is -0.486. The second kappa shape index (κ2) is 9.28. The zero-order valence-corrected chi connectivity index (χ0v) is 15.6. The van der Waals surface area contributed by atoms with Gasteiger partial charge < -0.3 is 10.1 Å². The van der Waals surface area contributed by atoms with Crippen molar-refractivity contribution in [3.05, 3.63) is 59.2 Å². The zero-order valence-electron chi connectivity index (χ0n) is 14.8. The lowest BCUT2D eigenvalue weighted by molar-refractivity contribution is -0.119. The topological polar surface area (TPSA) is 55.4 Å². The maximum absolute atomic E-state index is 12.2. The van der Waals surface area contributed by atoms with Crippen molar-refractivity contribution < 1.29 is 14.3 Å². The number of carbonyl (C=O) groups is 2. The Balaban J connectivity index is 2.03. The normalized spacial score (nSPS) is 10.4. The number of amides is 1. The predicted molar refractivity (Wildman–Crippen MR) is 102 cm³/mol. The van der Waals surface area contributed by atoms with E-state index in [2.05, 4.69) is 5.32 Å². The van der Waals surface area contributed by atoms with Crippen LogP contribution in [0.1, 0.15) is 35.3 Å². The summed E-state index contributed by atoms with van der Waals surface area (Å²) in [5.74, 6) is -0.815. The van der Waals surface area contributed by atoms with E-state index in [4.69, 9.17) is 4.74 Å². The highest BCUT2D eigenvalue weighted by molar-refractivity contribution is 7.98. The number of thioether (sulfide) groups is 1. The number of aryl methyl sites for hydroxylation is 2. The van der Waals surface area contributed by atoms with E-state index in [0.717, 1.165) is 34.6 Å². The lowest BCUT2D eigenvalue weighted by atomic mass is 10.0. The molecule has 25 heavy (non-hydrogen) atoms. The molecule has 2 aromatic carbocycles. The summed E-state index contributed by atoms with van der Waals surface area (Å²) in [6.07, 6.45) is 3.54. The number of anilines is 1. The fourth-order valence-corrected chi connectivity index (χ4v) is 3.19. The molecule has 0 spiro atoms. The number of rotatable bonds is 7. The summed E-state index contributed by atoms with van der Waals surface area (Å²) in [6, 6.07) is 13.2. The Hall–Kier alpha value is -2.27. The van der Waals surface area contributed by atoms with E-state index in [1.165, 1.54) is 11.8 Å². The molecule has 1 amide bonds. The van der Waals surface area contributed by atoms with Crippen LogP contribution in [-0.2, 0) is 22.4 Å². The number of carbonyl (C=O) groups excluding carboxylic acids is 2. The quantitative estimate of drug-likeness (QED) is 0.592. The predicted octanol–water partition coefficient (Wildman–Crippen LogP) is 4.33. The number of esters is 1. The van der Waals surface area contributed by atoms with Gasteiger partial charge in [0.2, 0.25) is 0 Å². The Morgan fingerprint density at radius 2 is 1.64 bits per heavy atom. The molecule has 132 valence electrons. The minimum absolute atomic E-state index is 0.303. The van der Waals surface area contributed by atoms with Crippen LogP contribution < -0.4 is 5.32 Å². The monoisotopic (exact) mass is 357 g/mol. The molecule has 0 aliphatic heterocycles. The molecule has 0 fully saturated rings. The van der Waals surface area contributed by atoms with Crippen LogP contribution in [0.25, 0.3) is 0 Å². The lowest BCUT2D eigenvalue weighted by Gasteiger charge is -2.14. The average Bonchev–Trinajstić information content (AvgIpc) is 2.66. The smallest absolute Gasteiger partial charge is 0.339 e. The molecule has 0 atom stereocenters. The summed E-state index contributed by atoms with van der Waals surface area (Å²) in [5, 5.41) is 2.90. The van der Waals surface area contributed by atoms with Gasteiger partial charge >= 0.3 is 5.97 Å². The summed E-state index contributed by atoms with van der Waals surface area (Å²) in [5.41, 5.74) is 3.46. The minimum Gasteiger partial charge on any atom is -0.452 e. The molecular formula is C20H23NO3S. The Morgan fingerprint density at radius 3 is 2.24 bits per heavy atom. The third kappa shape index (κ3) is 4.86. The van der Waals surface area contributed by atoms with Crippen LogP contribution in [0.5, 0.6) is 0 Å². The Morgan fingerprint density at radius 1 is 1.00 bits per heavy atom. The Kier molecular flexibility index (Phi) is 7.07. The van der Waals surface area contributed by atoms with Crippen molar-refractivity contribution in [2.75, 3.05) is 18.2 Å². The maximum atomic E-state index is 12.2. The van der Waals surface area contributed by atoms with E-state index >= 15 is 0 Å². The molecule has 0 heterocycles. The molecular weight excluding hydrogens is 334 g/mol. The molecule has 0 aliphatic carbocycles. The summed E-state index contributed by atoms with van der Waals surface area (Å²) >= 11 is 1.47. The SMILES string of the molecule is CCc1cccc(CC)c1NC(=O)COC(=O)c1ccccc1SC. The van der Waals surface area contributed by atoms with Crippen LogP contribution in [0.15, 0.2) is 47.4 Å². The number of hydrogen-bond acceptors (Lipinski definition) is 4. The van der Waals surface area contributed by atoms with Crippen molar-refractivity contribution in [2.45, 2.75) is 31.6 Å². The van der Waals surface area contributed by atoms with Gasteiger partial charge in [0, 0.05) is 10.6 Å². The third-order valence-electron chi connectivity index (χ3n) is 3.92. The van der Waals surface area contributed by atoms with Gasteiger partial charge in [0.15, 0.2) is 6.61 Å². The maximum Gasteiger partial charge on any atom is 0.339 e. The summed E-state index contributed by atoms with van der Waals surface area (Å²) < 4.78 is 5.19.